The number of carbonyl (C=O) groups excluding carboxylic acids is 1. The fourth-order valence-electron chi connectivity index (χ4n) is 4.64. The van der Waals surface area contributed by atoms with Crippen LogP contribution in [0, 0.1) is 6.92 Å². The third-order valence-corrected chi connectivity index (χ3v) is 8.58. The second-order valence-electron chi connectivity index (χ2n) is 8.99. The lowest BCUT2D eigenvalue weighted by Crippen LogP contribution is -2.46. The molecular weight excluding hydrogens is 426 g/mol. The van der Waals surface area contributed by atoms with Crippen LogP contribution in [0.2, 0.25) is 0 Å². The molecule has 0 atom stereocenters. The van der Waals surface area contributed by atoms with Crippen LogP contribution in [0.1, 0.15) is 53.8 Å². The molecule has 3 heterocycles. The van der Waals surface area contributed by atoms with Crippen molar-refractivity contribution in [2.45, 2.75) is 56.5 Å². The van der Waals surface area contributed by atoms with Gasteiger partial charge in [0.25, 0.3) is 5.91 Å². The van der Waals surface area contributed by atoms with Crippen LogP contribution in [-0.4, -0.2) is 67.7 Å². The topological polar surface area (TPSA) is 74.1 Å². The van der Waals surface area contributed by atoms with Gasteiger partial charge in [-0.1, -0.05) is 12.5 Å². The second-order valence-corrected chi connectivity index (χ2v) is 10.9. The lowest BCUT2D eigenvalue weighted by atomic mass is 10.0. The maximum Gasteiger partial charge on any atom is 0.254 e. The Bertz CT molecular complexity index is 1020. The van der Waals surface area contributed by atoms with Crippen molar-refractivity contribution in [2.75, 3.05) is 33.2 Å². The molecule has 0 saturated carbocycles. The Morgan fingerprint density at radius 2 is 1.81 bits per heavy atom. The second kappa shape index (κ2) is 9.77. The van der Waals surface area contributed by atoms with Gasteiger partial charge in [0.05, 0.1) is 17.7 Å². The number of likely N-dealkylation sites (tertiary alicyclic amines) is 1. The van der Waals surface area contributed by atoms with Crippen LogP contribution in [0.5, 0.6) is 0 Å². The number of hydrogen-bond acceptors (Lipinski definition) is 5. The van der Waals surface area contributed by atoms with Crippen LogP contribution in [0.4, 0.5) is 0 Å². The Balaban J connectivity index is 1.64. The molecule has 32 heavy (non-hydrogen) atoms. The summed E-state index contributed by atoms with van der Waals surface area (Å²) in [7, 11) is -1.51. The van der Waals surface area contributed by atoms with E-state index in [0.717, 1.165) is 56.5 Å². The molecule has 174 valence electrons. The Labute approximate surface area is 191 Å². The van der Waals surface area contributed by atoms with Crippen molar-refractivity contribution in [3.63, 3.8) is 0 Å². The Morgan fingerprint density at radius 1 is 1.09 bits per heavy atom. The van der Waals surface area contributed by atoms with E-state index in [1.165, 1.54) is 0 Å². The normalized spacial score (nSPS) is 19.2. The summed E-state index contributed by atoms with van der Waals surface area (Å²) in [4.78, 5) is 18.1. The number of hydrogen-bond donors (Lipinski definition) is 0. The lowest BCUT2D eigenvalue weighted by Gasteiger charge is -2.37. The minimum atomic E-state index is -3.61. The van der Waals surface area contributed by atoms with E-state index in [9.17, 15) is 13.2 Å². The number of aryl methyl sites for hydroxylation is 1. The average molecular weight is 460 g/mol. The van der Waals surface area contributed by atoms with Crippen molar-refractivity contribution in [1.29, 1.82) is 0 Å². The average Bonchev–Trinajstić information content (AvgIpc) is 3.32. The molecule has 1 amide bonds. The van der Waals surface area contributed by atoms with Crippen LogP contribution in [0.3, 0.4) is 0 Å². The summed E-state index contributed by atoms with van der Waals surface area (Å²) in [6.07, 6.45) is 6.20. The molecule has 2 aliphatic heterocycles. The zero-order valence-electron chi connectivity index (χ0n) is 19.0. The highest BCUT2D eigenvalue weighted by molar-refractivity contribution is 7.89. The molecule has 0 N–H and O–H groups in total. The highest BCUT2D eigenvalue weighted by Crippen LogP contribution is 2.26. The molecule has 1 aromatic heterocycles. The number of nitrogens with zero attached hydrogens (tertiary/aromatic N) is 3. The van der Waals surface area contributed by atoms with Crippen LogP contribution in [-0.2, 0) is 16.6 Å². The number of benzene rings is 1. The Morgan fingerprint density at radius 3 is 2.47 bits per heavy atom. The first-order valence-corrected chi connectivity index (χ1v) is 12.9. The van der Waals surface area contributed by atoms with Crippen molar-refractivity contribution in [1.82, 2.24) is 14.1 Å². The van der Waals surface area contributed by atoms with Crippen molar-refractivity contribution in [2.24, 2.45) is 0 Å². The summed E-state index contributed by atoms with van der Waals surface area (Å²) >= 11 is 0. The minimum absolute atomic E-state index is 0.0885. The van der Waals surface area contributed by atoms with Gasteiger partial charge in [0, 0.05) is 24.7 Å². The zero-order chi connectivity index (χ0) is 22.7. The molecule has 0 spiro atoms. The maximum absolute atomic E-state index is 13.8. The van der Waals surface area contributed by atoms with Gasteiger partial charge in [-0.3, -0.25) is 4.79 Å². The van der Waals surface area contributed by atoms with Gasteiger partial charge in [0.2, 0.25) is 10.0 Å². The first kappa shape index (κ1) is 23.0. The van der Waals surface area contributed by atoms with Crippen LogP contribution in [0.25, 0.3) is 0 Å². The summed E-state index contributed by atoms with van der Waals surface area (Å²) in [5.74, 6) is 0.594. The predicted octanol–water partition coefficient (Wildman–Crippen LogP) is 3.50. The molecule has 2 aliphatic rings. The summed E-state index contributed by atoms with van der Waals surface area (Å²) in [5, 5.41) is 0. The van der Waals surface area contributed by atoms with E-state index in [-0.39, 0.29) is 16.8 Å². The Kier molecular flexibility index (Phi) is 7.02. The van der Waals surface area contributed by atoms with Gasteiger partial charge in [0.15, 0.2) is 0 Å². The molecule has 2 aromatic rings. The molecule has 2 fully saturated rings. The van der Waals surface area contributed by atoms with Gasteiger partial charge in [-0.25, -0.2) is 8.42 Å². The monoisotopic (exact) mass is 459 g/mol. The van der Waals surface area contributed by atoms with Gasteiger partial charge >= 0.3 is 0 Å². The van der Waals surface area contributed by atoms with Gasteiger partial charge in [-0.2, -0.15) is 4.31 Å². The molecule has 4 rings (SSSR count). The van der Waals surface area contributed by atoms with Crippen LogP contribution < -0.4 is 0 Å². The lowest BCUT2D eigenvalue weighted by molar-refractivity contribution is 0.0549. The molecule has 8 heteroatoms. The van der Waals surface area contributed by atoms with Crippen LogP contribution in [0.15, 0.2) is 45.9 Å². The standard InChI is InChI=1S/C24H33N3O4S/c1-19-8-9-22(32(29,30)26-12-4-3-5-13-26)17-23(19)24(28)27(18-21-7-6-16-31-21)20-10-14-25(2)15-11-20/h6-9,16-17,20H,3-5,10-15,18H2,1-2H3. The van der Waals surface area contributed by atoms with E-state index in [4.69, 9.17) is 4.42 Å². The zero-order valence-corrected chi connectivity index (χ0v) is 19.8. The first-order chi connectivity index (χ1) is 15.4. The minimum Gasteiger partial charge on any atom is -0.467 e. The van der Waals surface area contributed by atoms with Crippen LogP contribution >= 0.6 is 0 Å². The van der Waals surface area contributed by atoms with Gasteiger partial charge in [0.1, 0.15) is 5.76 Å². The number of sulfonamides is 1. The summed E-state index contributed by atoms with van der Waals surface area (Å²) in [6.45, 7) is 5.18. The molecule has 2 saturated heterocycles. The highest BCUT2D eigenvalue weighted by Gasteiger charge is 2.31. The van der Waals surface area contributed by atoms with E-state index < -0.39 is 10.0 Å². The van der Waals surface area contributed by atoms with E-state index in [2.05, 4.69) is 11.9 Å². The number of furan rings is 1. The van der Waals surface area contributed by atoms with E-state index in [1.54, 1.807) is 28.8 Å². The molecule has 7 nitrogen and oxygen atoms in total. The molecule has 0 bridgehead atoms. The van der Waals surface area contributed by atoms with Crippen molar-refractivity contribution in [3.05, 3.63) is 53.5 Å². The van der Waals surface area contributed by atoms with E-state index in [1.807, 2.05) is 24.0 Å². The largest absolute Gasteiger partial charge is 0.467 e. The van der Waals surface area contributed by atoms with Gasteiger partial charge in [-0.15, -0.1) is 0 Å². The molecule has 1 aromatic carbocycles. The first-order valence-electron chi connectivity index (χ1n) is 11.5. The highest BCUT2D eigenvalue weighted by atomic mass is 32.2. The predicted molar refractivity (Wildman–Crippen MR) is 123 cm³/mol. The molecule has 0 unspecified atom stereocenters. The number of rotatable bonds is 6. The number of carbonyl (C=O) groups is 1. The molecule has 0 radical (unpaired) electrons. The Hall–Kier alpha value is -2.16. The number of amides is 1. The third kappa shape index (κ3) is 4.92. The summed E-state index contributed by atoms with van der Waals surface area (Å²) in [5.41, 5.74) is 1.23. The summed E-state index contributed by atoms with van der Waals surface area (Å²) in [6, 6.07) is 8.74. The van der Waals surface area contributed by atoms with Crippen molar-refractivity contribution in [3.8, 4) is 0 Å². The maximum atomic E-state index is 13.8. The molecule has 0 aliphatic carbocycles. The van der Waals surface area contributed by atoms with E-state index >= 15 is 0 Å². The third-order valence-electron chi connectivity index (χ3n) is 6.69. The SMILES string of the molecule is Cc1ccc(S(=O)(=O)N2CCCCC2)cc1C(=O)N(Cc1ccco1)C1CCN(C)CC1. The fraction of sp³-hybridized carbons (Fsp3) is 0.542. The van der Waals surface area contributed by atoms with Gasteiger partial charge in [-0.05, 0) is 82.6 Å². The van der Waals surface area contributed by atoms with Gasteiger partial charge < -0.3 is 14.2 Å². The van der Waals surface area contributed by atoms with E-state index in [0.29, 0.717) is 25.2 Å². The smallest absolute Gasteiger partial charge is 0.254 e. The van der Waals surface area contributed by atoms with Crippen molar-refractivity contribution >= 4 is 15.9 Å². The quantitative estimate of drug-likeness (QED) is 0.661. The van der Waals surface area contributed by atoms with Crippen molar-refractivity contribution < 1.29 is 17.6 Å². The summed E-state index contributed by atoms with van der Waals surface area (Å²) < 4.78 is 33.5. The number of piperidine rings is 2. The molecular formula is C24H33N3O4S. The fourth-order valence-corrected chi connectivity index (χ4v) is 6.19.